The molecule has 4 rings (SSSR count). The van der Waals surface area contributed by atoms with Gasteiger partial charge in [-0.1, -0.05) is 18.2 Å². The zero-order chi connectivity index (χ0) is 17.6. The Morgan fingerprint density at radius 2 is 1.96 bits per heavy atom. The van der Waals surface area contributed by atoms with Gasteiger partial charge in [-0.3, -0.25) is 19.6 Å². The van der Waals surface area contributed by atoms with Crippen molar-refractivity contribution in [1.29, 1.82) is 0 Å². The van der Waals surface area contributed by atoms with Gasteiger partial charge in [-0.25, -0.2) is 0 Å². The van der Waals surface area contributed by atoms with Gasteiger partial charge in [0.25, 0.3) is 5.69 Å². The summed E-state index contributed by atoms with van der Waals surface area (Å²) in [6.07, 6.45) is 2.15. The molecule has 0 spiro atoms. The Balaban J connectivity index is 1.81. The van der Waals surface area contributed by atoms with Crippen LogP contribution in [0.4, 0.5) is 5.69 Å². The molecule has 2 aromatic heterocycles. The largest absolute Gasteiger partial charge is 0.352 e. The number of hydrogen-bond acceptors (Lipinski definition) is 4. The first-order valence-electron chi connectivity index (χ1n) is 7.73. The number of nitrogens with zero attached hydrogens (tertiary/aromatic N) is 3. The number of hydrogen-bond donors (Lipinski definition) is 1. The second-order valence-electron chi connectivity index (χ2n) is 5.97. The quantitative estimate of drug-likeness (QED) is 0.460. The van der Waals surface area contributed by atoms with E-state index in [1.54, 1.807) is 30.1 Å². The van der Waals surface area contributed by atoms with Crippen molar-refractivity contribution in [3.63, 3.8) is 0 Å². The molecule has 0 aliphatic heterocycles. The first kappa shape index (κ1) is 15.1. The maximum Gasteiger partial charge on any atom is 0.269 e. The first-order valence-corrected chi connectivity index (χ1v) is 7.73. The van der Waals surface area contributed by atoms with E-state index < -0.39 is 4.92 Å². The summed E-state index contributed by atoms with van der Waals surface area (Å²) in [4.78, 5) is 26.5. The molecule has 0 radical (unpaired) electrons. The van der Waals surface area contributed by atoms with Crippen LogP contribution in [0.5, 0.6) is 0 Å². The minimum absolute atomic E-state index is 0.0627. The second-order valence-corrected chi connectivity index (χ2v) is 5.97. The van der Waals surface area contributed by atoms with Gasteiger partial charge in [0.05, 0.1) is 16.6 Å². The van der Waals surface area contributed by atoms with Crippen LogP contribution in [0, 0.1) is 10.1 Å². The zero-order valence-corrected chi connectivity index (χ0v) is 13.4. The fraction of sp³-hybridized carbons (Fsp3) is 0.111. The summed E-state index contributed by atoms with van der Waals surface area (Å²) in [5.41, 5.74) is 3.70. The highest BCUT2D eigenvalue weighted by Gasteiger charge is 2.11. The van der Waals surface area contributed by atoms with Crippen LogP contribution < -0.4 is 5.43 Å². The highest BCUT2D eigenvalue weighted by Crippen LogP contribution is 2.20. The predicted octanol–water partition coefficient (Wildman–Crippen LogP) is 2.91. The average molecular weight is 334 g/mol. The number of fused-ring (bicyclic) bond motifs is 2. The monoisotopic (exact) mass is 334 g/mol. The lowest BCUT2D eigenvalue weighted by Gasteiger charge is -2.05. The molecule has 124 valence electrons. The van der Waals surface area contributed by atoms with Gasteiger partial charge < -0.3 is 4.98 Å². The number of nitro benzene ring substituents is 1. The molecule has 0 amide bonds. The van der Waals surface area contributed by atoms with Crippen LogP contribution in [0.1, 0.15) is 11.1 Å². The fourth-order valence-corrected chi connectivity index (χ4v) is 3.08. The van der Waals surface area contributed by atoms with Gasteiger partial charge in [-0.15, -0.1) is 0 Å². The summed E-state index contributed by atoms with van der Waals surface area (Å²) in [7, 11) is 1.73. The van der Waals surface area contributed by atoms with Gasteiger partial charge in [0, 0.05) is 30.1 Å². The van der Waals surface area contributed by atoms with Crippen LogP contribution in [-0.4, -0.2) is 19.7 Å². The number of non-ortho nitro benzene ring substituents is 1. The summed E-state index contributed by atoms with van der Waals surface area (Å²) in [6, 6.07) is 12.1. The lowest BCUT2D eigenvalue weighted by molar-refractivity contribution is -0.384. The molecule has 0 saturated carbocycles. The summed E-state index contributed by atoms with van der Waals surface area (Å²) in [6.45, 7) is 0. The van der Waals surface area contributed by atoms with Gasteiger partial charge in [-0.05, 0) is 29.7 Å². The number of H-pyrrole nitrogens is 1. The van der Waals surface area contributed by atoms with Crippen LogP contribution >= 0.6 is 0 Å². The third kappa shape index (κ3) is 2.55. The fourth-order valence-electron chi connectivity index (χ4n) is 3.08. The van der Waals surface area contributed by atoms with Gasteiger partial charge in [0.15, 0.2) is 0 Å². The minimum Gasteiger partial charge on any atom is -0.352 e. The average Bonchev–Trinajstić information content (AvgIpc) is 2.97. The van der Waals surface area contributed by atoms with Crippen molar-refractivity contribution in [2.24, 2.45) is 7.05 Å². The molecular formula is C18H14N4O3. The van der Waals surface area contributed by atoms with Crippen molar-refractivity contribution >= 4 is 27.6 Å². The van der Waals surface area contributed by atoms with Crippen LogP contribution in [0.2, 0.25) is 0 Å². The van der Waals surface area contributed by atoms with Gasteiger partial charge in [0.2, 0.25) is 5.43 Å². The minimum atomic E-state index is -0.409. The molecule has 0 aliphatic rings. The standard InChI is InChI=1S/C18H14N4O3/c1-21-17-16(10-19-21)20-15-6-5-12(9-14(15)18(17)23)7-11-3-2-4-13(8-11)22(24)25/h2-6,8-10H,7H2,1H3,(H,20,23). The van der Waals surface area contributed by atoms with E-state index in [9.17, 15) is 14.9 Å². The molecule has 0 fully saturated rings. The Kier molecular flexibility index (Phi) is 3.35. The summed E-state index contributed by atoms with van der Waals surface area (Å²) in [5, 5.41) is 15.6. The maximum absolute atomic E-state index is 12.7. The van der Waals surface area contributed by atoms with Crippen LogP contribution in [-0.2, 0) is 13.5 Å². The molecule has 25 heavy (non-hydrogen) atoms. The van der Waals surface area contributed by atoms with E-state index in [0.717, 1.165) is 16.6 Å². The number of aromatic amines is 1. The van der Waals surface area contributed by atoms with E-state index in [1.165, 1.54) is 6.07 Å². The van der Waals surface area contributed by atoms with E-state index in [0.29, 0.717) is 22.8 Å². The third-order valence-electron chi connectivity index (χ3n) is 4.28. The highest BCUT2D eigenvalue weighted by molar-refractivity contribution is 5.90. The SMILES string of the molecule is Cn1ncc2[nH]c3ccc(Cc4cccc([N+](=O)[O-])c4)cc3c(=O)c21. The Labute approximate surface area is 141 Å². The van der Waals surface area contributed by atoms with E-state index >= 15 is 0 Å². The van der Waals surface area contributed by atoms with Crippen molar-refractivity contribution in [2.45, 2.75) is 6.42 Å². The molecule has 2 aromatic carbocycles. The highest BCUT2D eigenvalue weighted by atomic mass is 16.6. The molecule has 2 heterocycles. The van der Waals surface area contributed by atoms with E-state index in [4.69, 9.17) is 0 Å². The molecule has 0 saturated heterocycles. The molecular weight excluding hydrogens is 320 g/mol. The normalized spacial score (nSPS) is 11.2. The molecule has 4 aromatic rings. The molecule has 7 heteroatoms. The zero-order valence-electron chi connectivity index (χ0n) is 13.4. The van der Waals surface area contributed by atoms with Crippen molar-refractivity contribution in [2.75, 3.05) is 0 Å². The summed E-state index contributed by atoms with van der Waals surface area (Å²) < 4.78 is 1.56. The summed E-state index contributed by atoms with van der Waals surface area (Å²) >= 11 is 0. The Hall–Kier alpha value is -3.48. The molecule has 1 N–H and O–H groups in total. The topological polar surface area (TPSA) is 93.8 Å². The first-order chi connectivity index (χ1) is 12.0. The Morgan fingerprint density at radius 3 is 2.76 bits per heavy atom. The summed E-state index contributed by atoms with van der Waals surface area (Å²) in [5.74, 6) is 0. The molecule has 7 nitrogen and oxygen atoms in total. The van der Waals surface area contributed by atoms with Crippen LogP contribution in [0.25, 0.3) is 21.9 Å². The molecule has 0 atom stereocenters. The van der Waals surface area contributed by atoms with Gasteiger partial charge in [-0.2, -0.15) is 5.10 Å². The molecule has 0 bridgehead atoms. The van der Waals surface area contributed by atoms with Crippen LogP contribution in [0.3, 0.4) is 0 Å². The number of benzene rings is 2. The lowest BCUT2D eigenvalue weighted by Crippen LogP contribution is -2.08. The van der Waals surface area contributed by atoms with E-state index in [-0.39, 0.29) is 11.1 Å². The van der Waals surface area contributed by atoms with Crippen LogP contribution in [0.15, 0.2) is 53.5 Å². The smallest absolute Gasteiger partial charge is 0.269 e. The Bertz CT molecular complexity index is 1190. The number of rotatable bonds is 3. The van der Waals surface area contributed by atoms with E-state index in [2.05, 4.69) is 10.1 Å². The molecule has 0 unspecified atom stereocenters. The number of aryl methyl sites for hydroxylation is 1. The van der Waals surface area contributed by atoms with Crippen molar-refractivity contribution < 1.29 is 4.92 Å². The Morgan fingerprint density at radius 1 is 1.16 bits per heavy atom. The van der Waals surface area contributed by atoms with Crippen molar-refractivity contribution in [3.8, 4) is 0 Å². The van der Waals surface area contributed by atoms with Gasteiger partial charge in [0.1, 0.15) is 5.52 Å². The van der Waals surface area contributed by atoms with Crippen molar-refractivity contribution in [3.05, 3.63) is 80.1 Å². The number of pyridine rings is 1. The van der Waals surface area contributed by atoms with Crippen molar-refractivity contribution in [1.82, 2.24) is 14.8 Å². The van der Waals surface area contributed by atoms with E-state index in [1.807, 2.05) is 24.3 Å². The third-order valence-corrected chi connectivity index (χ3v) is 4.28. The number of aromatic nitrogens is 3. The second kappa shape index (κ2) is 5.55. The number of nitrogens with one attached hydrogen (secondary N) is 1. The molecule has 0 aliphatic carbocycles. The predicted molar refractivity (Wildman–Crippen MR) is 94.7 cm³/mol. The van der Waals surface area contributed by atoms with Gasteiger partial charge >= 0.3 is 0 Å². The maximum atomic E-state index is 12.7. The number of nitro groups is 1. The lowest BCUT2D eigenvalue weighted by atomic mass is 10.0.